The summed E-state index contributed by atoms with van der Waals surface area (Å²) in [5.41, 5.74) is 0. The van der Waals surface area contributed by atoms with Gasteiger partial charge >= 0.3 is 0 Å². The molecule has 0 aromatic carbocycles. The van der Waals surface area contributed by atoms with Gasteiger partial charge < -0.3 is 48.2 Å². The SMILES string of the molecule is O.O.O.O.O.O=[N+]([O-])O.O=[N+]([O-])O.O=[N+]([O-])O.O=[N+]([O-])O.[Th]. The predicted octanol–water partition coefficient (Wildman–Crippen LogP) is -5.51. The largest absolute Gasteiger partial charge is 0.412 e. The first-order chi connectivity index (χ1) is 6.93. The van der Waals surface area contributed by atoms with Gasteiger partial charge in [-0.2, -0.15) is 0 Å². The first-order valence-electron chi connectivity index (χ1n) is 2.26. The molecular formula is H14N4O17Th. The summed E-state index contributed by atoms with van der Waals surface area (Å²) in [6, 6.07) is 0. The Bertz CT molecular complexity index is 161. The minimum Gasteiger partial charge on any atom is -0.412 e. The van der Waals surface area contributed by atoms with Gasteiger partial charge in [0.2, 0.25) is 0 Å². The van der Waals surface area contributed by atoms with Gasteiger partial charge in [-0.05, 0) is 0 Å². The Morgan fingerprint density at radius 1 is 0.455 bits per heavy atom. The normalized spacial score (nSPS) is 4.36. The van der Waals surface area contributed by atoms with Gasteiger partial charge in [0.15, 0.2) is 0 Å². The van der Waals surface area contributed by atoms with Crippen LogP contribution in [0.1, 0.15) is 0 Å². The minimum absolute atomic E-state index is 0. The molecule has 0 heterocycles. The van der Waals surface area contributed by atoms with Gasteiger partial charge in [-0.1, -0.05) is 0 Å². The maximum Gasteiger partial charge on any atom is 0.291 e. The molecule has 0 aliphatic carbocycles. The van der Waals surface area contributed by atoms with Crippen LogP contribution >= 0.6 is 0 Å². The average molecular weight is 574 g/mol. The zero-order valence-corrected chi connectivity index (χ0v) is 14.0. The summed E-state index contributed by atoms with van der Waals surface area (Å²) in [7, 11) is 0. The second kappa shape index (κ2) is 61.7. The second-order valence-corrected chi connectivity index (χ2v) is 0.951. The van der Waals surface area contributed by atoms with Gasteiger partial charge in [0.25, 0.3) is 20.3 Å². The van der Waals surface area contributed by atoms with Crippen LogP contribution in [0, 0.1) is 80.4 Å². The molecule has 0 saturated heterocycles. The van der Waals surface area contributed by atoms with Crippen molar-refractivity contribution < 1.29 is 108 Å². The molecule has 0 spiro atoms. The molecule has 22 heavy (non-hydrogen) atoms. The van der Waals surface area contributed by atoms with E-state index in [9.17, 15) is 0 Å². The number of hydrogen-bond donors (Lipinski definition) is 4. The van der Waals surface area contributed by atoms with E-state index in [1.165, 1.54) is 0 Å². The van der Waals surface area contributed by atoms with Crippen molar-refractivity contribution in [3.8, 4) is 0 Å². The molecule has 22 heteroatoms. The molecule has 140 valence electrons. The maximum atomic E-state index is 8.36. The summed E-state index contributed by atoms with van der Waals surface area (Å²) in [4.78, 5) is 33.4. The zero-order chi connectivity index (χ0) is 14.3. The second-order valence-electron chi connectivity index (χ2n) is 0.951. The molecule has 0 aliphatic heterocycles. The zero-order valence-electron chi connectivity index (χ0n) is 9.84. The molecule has 21 nitrogen and oxygen atoms in total. The smallest absolute Gasteiger partial charge is 0.291 e. The molecular weight excluding hydrogens is 560 g/mol. The Hall–Kier alpha value is -2.08. The van der Waals surface area contributed by atoms with E-state index in [1.54, 1.807) is 0 Å². The third-order valence-electron chi connectivity index (χ3n) is 0. The van der Waals surface area contributed by atoms with Crippen LogP contribution in [0.5, 0.6) is 0 Å². The molecule has 0 rings (SSSR count). The van der Waals surface area contributed by atoms with E-state index in [0.717, 1.165) is 0 Å². The topological polar surface area (TPSA) is 411 Å². The predicted molar refractivity (Wildman–Crippen MR) is 53.2 cm³/mol. The van der Waals surface area contributed by atoms with Gasteiger partial charge in [0, 0.05) is 39.9 Å². The van der Waals surface area contributed by atoms with Crippen molar-refractivity contribution in [3.63, 3.8) is 0 Å². The van der Waals surface area contributed by atoms with E-state index >= 15 is 0 Å². The van der Waals surface area contributed by atoms with Crippen LogP contribution in [0.25, 0.3) is 0 Å². The van der Waals surface area contributed by atoms with Gasteiger partial charge in [0.05, 0.1) is 0 Å². The Morgan fingerprint density at radius 3 is 0.455 bits per heavy atom. The van der Waals surface area contributed by atoms with Crippen LogP contribution in [0.3, 0.4) is 0 Å². The summed E-state index contributed by atoms with van der Waals surface area (Å²) in [5, 5.41) is 54.6. The molecule has 0 aromatic rings. The molecule has 0 fully saturated rings. The Kier molecular flexibility index (Phi) is 203. The summed E-state index contributed by atoms with van der Waals surface area (Å²) < 4.78 is 0. The monoisotopic (exact) mass is 574 g/mol. The maximum absolute atomic E-state index is 8.36. The standard InChI is InChI=1S/4HNO3.5H2O.Th/c4*2-1(3)4;;;;;;/h4*(H,2,3,4);5*1H2;. The number of rotatable bonds is 0. The first-order valence-corrected chi connectivity index (χ1v) is 2.26. The van der Waals surface area contributed by atoms with Crippen molar-refractivity contribution in [3.05, 3.63) is 40.5 Å². The Morgan fingerprint density at radius 2 is 0.455 bits per heavy atom. The Labute approximate surface area is 149 Å². The van der Waals surface area contributed by atoms with Crippen molar-refractivity contribution in [2.75, 3.05) is 0 Å². The molecule has 0 amide bonds. The third-order valence-corrected chi connectivity index (χ3v) is 0. The number of hydrogen-bond acceptors (Lipinski definition) is 8. The Balaban J connectivity index is -0.00000001000. The quantitative estimate of drug-likeness (QED) is 0.155. The fourth-order valence-corrected chi connectivity index (χ4v) is 0. The summed E-state index contributed by atoms with van der Waals surface area (Å²) in [6.07, 6.45) is 0. The molecule has 0 saturated carbocycles. The van der Waals surface area contributed by atoms with Gasteiger partial charge in [-0.15, -0.1) is 40.5 Å². The molecule has 0 radical (unpaired) electrons. The van der Waals surface area contributed by atoms with Gasteiger partial charge in [-0.25, -0.2) is 0 Å². The molecule has 0 aliphatic rings. The van der Waals surface area contributed by atoms with Crippen LogP contribution < -0.4 is 0 Å². The molecule has 0 atom stereocenters. The van der Waals surface area contributed by atoms with E-state index in [0.29, 0.717) is 0 Å². The van der Waals surface area contributed by atoms with E-state index in [4.69, 9.17) is 61.3 Å². The average Bonchev–Trinajstić information content (AvgIpc) is 1.76. The molecule has 0 aromatic heterocycles. The van der Waals surface area contributed by atoms with E-state index in [-0.39, 0.29) is 67.3 Å². The van der Waals surface area contributed by atoms with Crippen molar-refractivity contribution in [1.29, 1.82) is 0 Å². The van der Waals surface area contributed by atoms with Crippen LogP contribution in [-0.2, 0) is 0 Å². The van der Waals surface area contributed by atoms with Crippen molar-refractivity contribution in [2.45, 2.75) is 0 Å². The number of nitrogens with zero attached hydrogens (tertiary/aromatic N) is 4. The minimum atomic E-state index is -1.50. The fourth-order valence-electron chi connectivity index (χ4n) is 0. The van der Waals surface area contributed by atoms with Crippen LogP contribution in [0.4, 0.5) is 0 Å². The van der Waals surface area contributed by atoms with Gasteiger partial charge in [0.1, 0.15) is 0 Å². The summed E-state index contributed by atoms with van der Waals surface area (Å²) in [5.74, 6) is 0. The molecule has 0 unspecified atom stereocenters. The van der Waals surface area contributed by atoms with E-state index in [2.05, 4.69) is 0 Å². The van der Waals surface area contributed by atoms with E-state index in [1.807, 2.05) is 0 Å². The molecule has 14 N–H and O–H groups in total. The fraction of sp³-hybridized carbons (Fsp3) is 0. The van der Waals surface area contributed by atoms with Crippen molar-refractivity contribution >= 4 is 0 Å². The van der Waals surface area contributed by atoms with Crippen molar-refractivity contribution in [2.24, 2.45) is 0 Å². The van der Waals surface area contributed by atoms with Crippen molar-refractivity contribution in [1.82, 2.24) is 0 Å². The first kappa shape index (κ1) is 72.4. The summed E-state index contributed by atoms with van der Waals surface area (Å²) in [6.45, 7) is 0. The summed E-state index contributed by atoms with van der Waals surface area (Å²) >= 11 is 0. The van der Waals surface area contributed by atoms with Crippen LogP contribution in [0.2, 0.25) is 0 Å². The molecule has 0 bridgehead atoms. The van der Waals surface area contributed by atoms with Crippen LogP contribution in [-0.4, -0.2) is 68.6 Å². The third kappa shape index (κ3) is 1190. The van der Waals surface area contributed by atoms with Gasteiger partial charge in [-0.3, -0.25) is 0 Å². The van der Waals surface area contributed by atoms with E-state index < -0.39 is 20.3 Å². The van der Waals surface area contributed by atoms with Crippen LogP contribution in [0.15, 0.2) is 0 Å².